The van der Waals surface area contributed by atoms with E-state index in [9.17, 15) is 13.2 Å². The van der Waals surface area contributed by atoms with Gasteiger partial charge < -0.3 is 5.32 Å². The number of nitrogens with one attached hydrogen (secondary N) is 2. The van der Waals surface area contributed by atoms with E-state index in [0.717, 1.165) is 47.9 Å². The zero-order chi connectivity index (χ0) is 19.5. The molecule has 6 heteroatoms. The van der Waals surface area contributed by atoms with Crippen LogP contribution < -0.4 is 10.0 Å². The van der Waals surface area contributed by atoms with E-state index in [1.165, 1.54) is 12.8 Å². The number of aryl methyl sites for hydroxylation is 2. The van der Waals surface area contributed by atoms with Gasteiger partial charge in [0.05, 0.1) is 10.9 Å². The number of rotatable bonds is 5. The Hall–Kier alpha value is -1.40. The van der Waals surface area contributed by atoms with Gasteiger partial charge >= 0.3 is 0 Å². The highest BCUT2D eigenvalue weighted by molar-refractivity contribution is 7.89. The van der Waals surface area contributed by atoms with Gasteiger partial charge in [0.2, 0.25) is 15.9 Å². The summed E-state index contributed by atoms with van der Waals surface area (Å²) in [7, 11) is -3.77. The number of carbonyl (C=O) groups excluding carboxylic acids is 1. The van der Waals surface area contributed by atoms with Crippen LogP contribution in [-0.2, 0) is 14.8 Å². The second-order valence-corrected chi connectivity index (χ2v) is 9.28. The highest BCUT2D eigenvalue weighted by atomic mass is 32.2. The maximum absolute atomic E-state index is 12.9. The van der Waals surface area contributed by atoms with Crippen LogP contribution in [0.1, 0.15) is 67.7 Å². The van der Waals surface area contributed by atoms with Gasteiger partial charge in [0.25, 0.3) is 0 Å². The van der Waals surface area contributed by atoms with Crippen molar-refractivity contribution in [1.82, 2.24) is 10.0 Å². The standard InChI is InChI=1S/C20H32N2O3S/c1-13-12-14(2)16(4)19(15(13)3)26(24,25)22-17(5)20(23)21-18-10-8-6-7-9-11-18/h12,17-18,22H,6-11H2,1-5H3,(H,21,23). The molecule has 1 aromatic rings. The second kappa shape index (κ2) is 8.53. The normalized spacial score (nSPS) is 17.6. The summed E-state index contributed by atoms with van der Waals surface area (Å²) in [4.78, 5) is 12.8. The summed E-state index contributed by atoms with van der Waals surface area (Å²) in [6.45, 7) is 9.04. The predicted octanol–water partition coefficient (Wildman–Crippen LogP) is 3.43. The van der Waals surface area contributed by atoms with Gasteiger partial charge in [-0.25, -0.2) is 8.42 Å². The summed E-state index contributed by atoms with van der Waals surface area (Å²) in [5.74, 6) is -0.250. The molecular weight excluding hydrogens is 348 g/mol. The van der Waals surface area contributed by atoms with Crippen LogP contribution in [0.3, 0.4) is 0 Å². The van der Waals surface area contributed by atoms with Crippen molar-refractivity contribution >= 4 is 15.9 Å². The zero-order valence-corrected chi connectivity index (χ0v) is 17.4. The fourth-order valence-electron chi connectivity index (χ4n) is 3.68. The van der Waals surface area contributed by atoms with Crippen molar-refractivity contribution in [3.8, 4) is 0 Å². The molecule has 1 fully saturated rings. The van der Waals surface area contributed by atoms with Gasteiger partial charge in [0.1, 0.15) is 0 Å². The minimum Gasteiger partial charge on any atom is -0.352 e. The Bertz CT molecular complexity index is 738. The highest BCUT2D eigenvalue weighted by Gasteiger charge is 2.27. The summed E-state index contributed by atoms with van der Waals surface area (Å²) >= 11 is 0. The largest absolute Gasteiger partial charge is 0.352 e. The lowest BCUT2D eigenvalue weighted by molar-refractivity contribution is -0.123. The van der Waals surface area contributed by atoms with E-state index in [1.807, 2.05) is 33.8 Å². The molecule has 0 bridgehead atoms. The highest BCUT2D eigenvalue weighted by Crippen LogP contribution is 2.26. The van der Waals surface area contributed by atoms with Crippen molar-refractivity contribution in [2.24, 2.45) is 0 Å². The SMILES string of the molecule is Cc1cc(C)c(C)c(S(=O)(=O)NC(C)C(=O)NC2CCCCCC2)c1C. The molecule has 0 aromatic heterocycles. The lowest BCUT2D eigenvalue weighted by Gasteiger charge is -2.22. The Kier molecular flexibility index (Phi) is 6.86. The van der Waals surface area contributed by atoms with E-state index in [1.54, 1.807) is 6.92 Å². The van der Waals surface area contributed by atoms with Crippen LogP contribution in [0.15, 0.2) is 11.0 Å². The quantitative estimate of drug-likeness (QED) is 0.769. The summed E-state index contributed by atoms with van der Waals surface area (Å²) in [6, 6.07) is 1.34. The van der Waals surface area contributed by atoms with Gasteiger partial charge in [0.15, 0.2) is 0 Å². The lowest BCUT2D eigenvalue weighted by atomic mass is 10.0. The molecule has 0 radical (unpaired) electrons. The maximum Gasteiger partial charge on any atom is 0.241 e. The topological polar surface area (TPSA) is 75.3 Å². The molecule has 1 aliphatic rings. The Morgan fingerprint density at radius 3 is 2.00 bits per heavy atom. The molecule has 2 N–H and O–H groups in total. The van der Waals surface area contributed by atoms with Crippen LogP contribution in [0.5, 0.6) is 0 Å². The third kappa shape index (κ3) is 4.86. The molecule has 2 rings (SSSR count). The molecule has 1 amide bonds. The Labute approximate surface area is 158 Å². The van der Waals surface area contributed by atoms with Gasteiger partial charge in [-0.3, -0.25) is 4.79 Å². The summed E-state index contributed by atoms with van der Waals surface area (Å²) < 4.78 is 28.5. The van der Waals surface area contributed by atoms with Gasteiger partial charge in [-0.05, 0) is 69.7 Å². The minimum atomic E-state index is -3.77. The number of benzene rings is 1. The van der Waals surface area contributed by atoms with E-state index < -0.39 is 16.1 Å². The van der Waals surface area contributed by atoms with E-state index in [2.05, 4.69) is 10.0 Å². The Balaban J connectivity index is 2.14. The second-order valence-electron chi connectivity index (χ2n) is 7.63. The van der Waals surface area contributed by atoms with Crippen LogP contribution in [0.4, 0.5) is 0 Å². The van der Waals surface area contributed by atoms with Crippen molar-refractivity contribution in [2.45, 2.75) is 90.1 Å². The minimum absolute atomic E-state index is 0.154. The first-order chi connectivity index (χ1) is 12.1. The van der Waals surface area contributed by atoms with Crippen molar-refractivity contribution in [1.29, 1.82) is 0 Å². The Morgan fingerprint density at radius 2 is 1.50 bits per heavy atom. The van der Waals surface area contributed by atoms with Crippen LogP contribution in [0, 0.1) is 27.7 Å². The van der Waals surface area contributed by atoms with Crippen LogP contribution >= 0.6 is 0 Å². The van der Waals surface area contributed by atoms with Gasteiger partial charge in [-0.15, -0.1) is 0 Å². The zero-order valence-electron chi connectivity index (χ0n) is 16.6. The molecule has 0 heterocycles. The first kappa shape index (κ1) is 20.9. The van der Waals surface area contributed by atoms with E-state index in [4.69, 9.17) is 0 Å². The van der Waals surface area contributed by atoms with Crippen LogP contribution in [-0.4, -0.2) is 26.4 Å². The molecule has 0 saturated heterocycles. The number of sulfonamides is 1. The molecule has 26 heavy (non-hydrogen) atoms. The first-order valence-electron chi connectivity index (χ1n) is 9.53. The maximum atomic E-state index is 12.9. The molecule has 146 valence electrons. The average molecular weight is 381 g/mol. The van der Waals surface area contributed by atoms with Crippen molar-refractivity contribution in [3.63, 3.8) is 0 Å². The molecule has 1 aromatic carbocycles. The lowest BCUT2D eigenvalue weighted by Crippen LogP contribution is -2.48. The predicted molar refractivity (Wildman–Crippen MR) is 105 cm³/mol. The molecule has 1 unspecified atom stereocenters. The molecule has 1 atom stereocenters. The number of amides is 1. The van der Waals surface area contributed by atoms with Gasteiger partial charge in [-0.2, -0.15) is 4.72 Å². The molecule has 0 aliphatic heterocycles. The van der Waals surface area contributed by atoms with Crippen molar-refractivity contribution in [3.05, 3.63) is 28.3 Å². The van der Waals surface area contributed by atoms with E-state index in [0.29, 0.717) is 4.90 Å². The number of hydrogen-bond donors (Lipinski definition) is 2. The average Bonchev–Trinajstić information content (AvgIpc) is 2.81. The van der Waals surface area contributed by atoms with Crippen molar-refractivity contribution in [2.75, 3.05) is 0 Å². The Morgan fingerprint density at radius 1 is 1.00 bits per heavy atom. The van der Waals surface area contributed by atoms with E-state index >= 15 is 0 Å². The molecular formula is C20H32N2O3S. The molecule has 1 saturated carbocycles. The third-order valence-corrected chi connectivity index (χ3v) is 7.31. The number of hydrogen-bond acceptors (Lipinski definition) is 3. The third-order valence-electron chi connectivity index (χ3n) is 5.49. The first-order valence-corrected chi connectivity index (χ1v) is 11.0. The smallest absolute Gasteiger partial charge is 0.241 e. The van der Waals surface area contributed by atoms with Crippen LogP contribution in [0.25, 0.3) is 0 Å². The number of carbonyl (C=O) groups is 1. The monoisotopic (exact) mass is 380 g/mol. The molecule has 1 aliphatic carbocycles. The van der Waals surface area contributed by atoms with Gasteiger partial charge in [0, 0.05) is 6.04 Å². The molecule has 0 spiro atoms. The van der Waals surface area contributed by atoms with Gasteiger partial charge in [-0.1, -0.05) is 31.7 Å². The van der Waals surface area contributed by atoms with Crippen LogP contribution in [0.2, 0.25) is 0 Å². The summed E-state index contributed by atoms with van der Waals surface area (Å²) in [5, 5.41) is 3.02. The fourth-order valence-corrected chi connectivity index (χ4v) is 5.50. The van der Waals surface area contributed by atoms with E-state index in [-0.39, 0.29) is 11.9 Å². The van der Waals surface area contributed by atoms with Crippen molar-refractivity contribution < 1.29 is 13.2 Å². The summed E-state index contributed by atoms with van der Waals surface area (Å²) in [6.07, 6.45) is 6.60. The fraction of sp³-hybridized carbons (Fsp3) is 0.650. The summed E-state index contributed by atoms with van der Waals surface area (Å²) in [5.41, 5.74) is 3.34. The molecule has 5 nitrogen and oxygen atoms in total.